The number of rotatable bonds is 10. The van der Waals surface area contributed by atoms with Crippen LogP contribution in [0.1, 0.15) is 13.8 Å². The molecule has 0 aliphatic heterocycles. The molecular formula is C10H19NO5S. The van der Waals surface area contributed by atoms with Crippen molar-refractivity contribution in [3.05, 3.63) is 0 Å². The van der Waals surface area contributed by atoms with E-state index in [0.717, 1.165) is 11.8 Å². The van der Waals surface area contributed by atoms with Gasteiger partial charge >= 0.3 is 5.97 Å². The highest BCUT2D eigenvalue weighted by Gasteiger charge is 2.10. The highest BCUT2D eigenvalue weighted by Crippen LogP contribution is 1.99. The SMILES string of the molecule is CCOC(CNC(=O)CSCC(=O)O)OCC. The van der Waals surface area contributed by atoms with E-state index in [4.69, 9.17) is 14.6 Å². The average Bonchev–Trinajstić information content (AvgIpc) is 2.26. The van der Waals surface area contributed by atoms with Crippen molar-refractivity contribution in [1.29, 1.82) is 0 Å². The number of nitrogens with one attached hydrogen (secondary N) is 1. The van der Waals surface area contributed by atoms with E-state index < -0.39 is 12.3 Å². The van der Waals surface area contributed by atoms with E-state index >= 15 is 0 Å². The fourth-order valence-corrected chi connectivity index (χ4v) is 1.58. The van der Waals surface area contributed by atoms with Gasteiger partial charge in [-0.1, -0.05) is 0 Å². The molecule has 0 aromatic carbocycles. The molecule has 0 aliphatic carbocycles. The van der Waals surface area contributed by atoms with Crippen molar-refractivity contribution in [1.82, 2.24) is 5.32 Å². The van der Waals surface area contributed by atoms with E-state index in [1.54, 1.807) is 0 Å². The molecule has 0 fully saturated rings. The smallest absolute Gasteiger partial charge is 0.313 e. The summed E-state index contributed by atoms with van der Waals surface area (Å²) in [6, 6.07) is 0. The van der Waals surface area contributed by atoms with Crippen LogP contribution in [0.15, 0.2) is 0 Å². The van der Waals surface area contributed by atoms with Gasteiger partial charge in [-0.05, 0) is 13.8 Å². The first-order valence-electron chi connectivity index (χ1n) is 5.39. The van der Waals surface area contributed by atoms with Gasteiger partial charge in [0.25, 0.3) is 0 Å². The molecule has 1 amide bonds. The molecule has 0 radical (unpaired) electrons. The van der Waals surface area contributed by atoms with Crippen molar-refractivity contribution in [2.75, 3.05) is 31.3 Å². The van der Waals surface area contributed by atoms with Gasteiger partial charge in [-0.2, -0.15) is 0 Å². The number of carbonyl (C=O) groups is 2. The summed E-state index contributed by atoms with van der Waals surface area (Å²) in [5.74, 6) is -1.10. The lowest BCUT2D eigenvalue weighted by Crippen LogP contribution is -2.36. The van der Waals surface area contributed by atoms with Crippen LogP contribution < -0.4 is 5.32 Å². The van der Waals surface area contributed by atoms with Crippen LogP contribution in [0.25, 0.3) is 0 Å². The first-order valence-corrected chi connectivity index (χ1v) is 6.55. The summed E-state index contributed by atoms with van der Waals surface area (Å²) in [5.41, 5.74) is 0. The first kappa shape index (κ1) is 16.2. The Bertz CT molecular complexity index is 231. The second-order valence-electron chi connectivity index (χ2n) is 3.03. The normalized spacial score (nSPS) is 10.5. The summed E-state index contributed by atoms with van der Waals surface area (Å²) >= 11 is 1.05. The Balaban J connectivity index is 3.68. The first-order chi connectivity index (χ1) is 8.10. The molecule has 0 saturated carbocycles. The van der Waals surface area contributed by atoms with Gasteiger partial charge in [0.05, 0.1) is 18.1 Å². The molecular weight excluding hydrogens is 246 g/mol. The zero-order valence-electron chi connectivity index (χ0n) is 10.1. The highest BCUT2D eigenvalue weighted by atomic mass is 32.2. The molecule has 0 aromatic heterocycles. The predicted molar refractivity (Wildman–Crippen MR) is 65.0 cm³/mol. The molecule has 6 nitrogen and oxygen atoms in total. The Labute approximate surface area is 105 Å². The van der Waals surface area contributed by atoms with Crippen LogP contribution in [0, 0.1) is 0 Å². The van der Waals surface area contributed by atoms with Crippen molar-refractivity contribution in [2.45, 2.75) is 20.1 Å². The minimum absolute atomic E-state index is 0.0756. The number of carboxylic acids is 1. The van der Waals surface area contributed by atoms with Crippen LogP contribution in [0.3, 0.4) is 0 Å². The standard InChI is InChI=1S/C10H19NO5S/c1-3-15-10(16-4-2)5-11-8(12)6-17-7-9(13)14/h10H,3-7H2,1-2H3,(H,11,12)(H,13,14). The molecule has 0 heterocycles. The third-order valence-electron chi connectivity index (χ3n) is 1.63. The lowest BCUT2D eigenvalue weighted by Gasteiger charge is -2.17. The Kier molecular flexibility index (Phi) is 9.89. The van der Waals surface area contributed by atoms with E-state index in [1.807, 2.05) is 13.8 Å². The Hall–Kier alpha value is -0.790. The Morgan fingerprint density at radius 1 is 1.24 bits per heavy atom. The number of aliphatic carboxylic acids is 1. The molecule has 2 N–H and O–H groups in total. The van der Waals surface area contributed by atoms with E-state index in [9.17, 15) is 9.59 Å². The molecule has 100 valence electrons. The summed E-state index contributed by atoms with van der Waals surface area (Å²) in [6.07, 6.45) is -0.446. The van der Waals surface area contributed by atoms with Gasteiger partial charge in [-0.3, -0.25) is 9.59 Å². The molecule has 7 heteroatoms. The van der Waals surface area contributed by atoms with E-state index in [-0.39, 0.29) is 24.0 Å². The topological polar surface area (TPSA) is 84.9 Å². The third kappa shape index (κ3) is 10.1. The predicted octanol–water partition coefficient (Wildman–Crippen LogP) is 0.319. The van der Waals surface area contributed by atoms with Gasteiger partial charge in [0.1, 0.15) is 0 Å². The minimum atomic E-state index is -0.927. The summed E-state index contributed by atoms with van der Waals surface area (Å²) in [6.45, 7) is 4.98. The molecule has 0 aromatic rings. The largest absolute Gasteiger partial charge is 0.481 e. The van der Waals surface area contributed by atoms with E-state index in [0.29, 0.717) is 13.2 Å². The lowest BCUT2D eigenvalue weighted by molar-refractivity contribution is -0.139. The zero-order valence-corrected chi connectivity index (χ0v) is 10.9. The van der Waals surface area contributed by atoms with Crippen molar-refractivity contribution in [2.24, 2.45) is 0 Å². The van der Waals surface area contributed by atoms with Crippen LogP contribution in [-0.4, -0.2) is 54.5 Å². The summed E-state index contributed by atoms with van der Waals surface area (Å²) in [7, 11) is 0. The molecule has 17 heavy (non-hydrogen) atoms. The Morgan fingerprint density at radius 3 is 2.29 bits per heavy atom. The van der Waals surface area contributed by atoms with Crippen LogP contribution >= 0.6 is 11.8 Å². The number of hydrogen-bond donors (Lipinski definition) is 2. The summed E-state index contributed by atoms with van der Waals surface area (Å²) < 4.78 is 10.5. The van der Waals surface area contributed by atoms with Gasteiger partial charge in [0, 0.05) is 13.2 Å². The van der Waals surface area contributed by atoms with Crippen molar-refractivity contribution < 1.29 is 24.2 Å². The maximum Gasteiger partial charge on any atom is 0.313 e. The van der Waals surface area contributed by atoms with Crippen molar-refractivity contribution in [3.8, 4) is 0 Å². The molecule has 0 aliphatic rings. The average molecular weight is 265 g/mol. The van der Waals surface area contributed by atoms with Crippen LogP contribution in [0.5, 0.6) is 0 Å². The van der Waals surface area contributed by atoms with Gasteiger partial charge < -0.3 is 19.9 Å². The molecule has 0 saturated heterocycles. The summed E-state index contributed by atoms with van der Waals surface area (Å²) in [4.78, 5) is 21.5. The number of amides is 1. The van der Waals surface area contributed by atoms with E-state index in [2.05, 4.69) is 5.32 Å². The lowest BCUT2D eigenvalue weighted by atomic mass is 10.5. The summed E-state index contributed by atoms with van der Waals surface area (Å²) in [5, 5.41) is 11.0. The van der Waals surface area contributed by atoms with Crippen molar-refractivity contribution >= 4 is 23.6 Å². The van der Waals surface area contributed by atoms with Crippen molar-refractivity contribution in [3.63, 3.8) is 0 Å². The monoisotopic (exact) mass is 265 g/mol. The molecule has 0 atom stereocenters. The van der Waals surface area contributed by atoms with Gasteiger partial charge in [0.2, 0.25) is 5.91 Å². The van der Waals surface area contributed by atoms with Crippen LogP contribution in [-0.2, 0) is 19.1 Å². The second kappa shape index (κ2) is 10.4. The number of ether oxygens (including phenoxy) is 2. The van der Waals surface area contributed by atoms with E-state index in [1.165, 1.54) is 0 Å². The maximum absolute atomic E-state index is 11.3. The third-order valence-corrected chi connectivity index (χ3v) is 2.55. The van der Waals surface area contributed by atoms with Crippen LogP contribution in [0.4, 0.5) is 0 Å². The highest BCUT2D eigenvalue weighted by molar-refractivity contribution is 8.00. The molecule has 0 unspecified atom stereocenters. The number of carboxylic acid groups (broad SMARTS) is 1. The van der Waals surface area contributed by atoms with Gasteiger partial charge in [-0.25, -0.2) is 0 Å². The second-order valence-corrected chi connectivity index (χ2v) is 4.02. The quantitative estimate of drug-likeness (QED) is 0.553. The van der Waals surface area contributed by atoms with Gasteiger partial charge in [0.15, 0.2) is 6.29 Å². The molecule has 0 spiro atoms. The van der Waals surface area contributed by atoms with Gasteiger partial charge in [-0.15, -0.1) is 11.8 Å². The molecule has 0 rings (SSSR count). The number of carbonyl (C=O) groups excluding carboxylic acids is 1. The maximum atomic E-state index is 11.3. The fourth-order valence-electron chi connectivity index (χ4n) is 1.02. The number of thioether (sulfide) groups is 1. The molecule has 0 bridgehead atoms. The number of hydrogen-bond acceptors (Lipinski definition) is 5. The minimum Gasteiger partial charge on any atom is -0.481 e. The Morgan fingerprint density at radius 2 is 1.82 bits per heavy atom. The fraction of sp³-hybridized carbons (Fsp3) is 0.800. The zero-order chi connectivity index (χ0) is 13.1. The van der Waals surface area contributed by atoms with Crippen LogP contribution in [0.2, 0.25) is 0 Å².